The number of aromatic nitrogens is 3. The molecule has 5 heteroatoms. The zero-order valence-corrected chi connectivity index (χ0v) is 12.6. The second kappa shape index (κ2) is 5.61. The van der Waals surface area contributed by atoms with Gasteiger partial charge in [-0.2, -0.15) is 0 Å². The highest BCUT2D eigenvalue weighted by Crippen LogP contribution is 2.22. The van der Waals surface area contributed by atoms with E-state index in [0.717, 1.165) is 33.1 Å². The van der Waals surface area contributed by atoms with E-state index >= 15 is 0 Å². The standard InChI is InChI=1S/C17H14N4S/c1-2-4-12(5-3-1)14-11-22-16(20-14)10-19-15-7-6-13-8-9-18-17(13)21-15/h1-9,11H,10H2,(H2,18,19,21). The molecule has 4 aromatic rings. The molecule has 3 heterocycles. The molecule has 1 aromatic carbocycles. The highest BCUT2D eigenvalue weighted by Gasteiger charge is 2.05. The second-order valence-electron chi connectivity index (χ2n) is 4.96. The van der Waals surface area contributed by atoms with E-state index in [9.17, 15) is 0 Å². The number of anilines is 1. The number of benzene rings is 1. The summed E-state index contributed by atoms with van der Waals surface area (Å²) >= 11 is 1.66. The summed E-state index contributed by atoms with van der Waals surface area (Å²) in [4.78, 5) is 12.3. The third-order valence-electron chi connectivity index (χ3n) is 3.45. The fourth-order valence-electron chi connectivity index (χ4n) is 2.33. The van der Waals surface area contributed by atoms with Crippen molar-refractivity contribution in [3.8, 4) is 11.3 Å². The van der Waals surface area contributed by atoms with Gasteiger partial charge in [0.25, 0.3) is 0 Å². The maximum atomic E-state index is 4.67. The molecule has 3 aromatic heterocycles. The van der Waals surface area contributed by atoms with Crippen LogP contribution in [0, 0.1) is 0 Å². The van der Waals surface area contributed by atoms with Crippen LogP contribution in [0.3, 0.4) is 0 Å². The van der Waals surface area contributed by atoms with Crippen molar-refractivity contribution in [3.05, 3.63) is 65.1 Å². The number of hydrogen-bond donors (Lipinski definition) is 2. The van der Waals surface area contributed by atoms with E-state index in [-0.39, 0.29) is 0 Å². The van der Waals surface area contributed by atoms with Crippen LogP contribution in [0.5, 0.6) is 0 Å². The monoisotopic (exact) mass is 306 g/mol. The zero-order chi connectivity index (χ0) is 14.8. The molecule has 2 N–H and O–H groups in total. The lowest BCUT2D eigenvalue weighted by molar-refractivity contribution is 1.08. The van der Waals surface area contributed by atoms with E-state index in [4.69, 9.17) is 0 Å². The van der Waals surface area contributed by atoms with Gasteiger partial charge in [0.05, 0.1) is 12.2 Å². The van der Waals surface area contributed by atoms with E-state index in [1.165, 1.54) is 0 Å². The van der Waals surface area contributed by atoms with E-state index in [1.54, 1.807) is 11.3 Å². The van der Waals surface area contributed by atoms with Crippen molar-refractivity contribution in [1.29, 1.82) is 0 Å². The van der Waals surface area contributed by atoms with E-state index in [1.807, 2.05) is 36.5 Å². The topological polar surface area (TPSA) is 53.6 Å². The zero-order valence-electron chi connectivity index (χ0n) is 11.8. The number of H-pyrrole nitrogens is 1. The molecule has 0 saturated carbocycles. The van der Waals surface area contributed by atoms with Gasteiger partial charge in [0, 0.05) is 22.5 Å². The average Bonchev–Trinajstić information content (AvgIpc) is 3.22. The number of fused-ring (bicyclic) bond motifs is 1. The molecule has 108 valence electrons. The minimum atomic E-state index is 0.677. The summed E-state index contributed by atoms with van der Waals surface area (Å²) in [5.74, 6) is 0.853. The molecular weight excluding hydrogens is 292 g/mol. The fraction of sp³-hybridized carbons (Fsp3) is 0.0588. The van der Waals surface area contributed by atoms with Crippen LogP contribution < -0.4 is 5.32 Å². The molecule has 0 atom stereocenters. The van der Waals surface area contributed by atoms with Gasteiger partial charge in [0.15, 0.2) is 0 Å². The normalized spacial score (nSPS) is 10.9. The van der Waals surface area contributed by atoms with Gasteiger partial charge in [-0.25, -0.2) is 9.97 Å². The van der Waals surface area contributed by atoms with Crippen LogP contribution in [-0.2, 0) is 6.54 Å². The van der Waals surface area contributed by atoms with Crippen LogP contribution in [0.1, 0.15) is 5.01 Å². The van der Waals surface area contributed by atoms with Crippen LogP contribution in [-0.4, -0.2) is 15.0 Å². The highest BCUT2D eigenvalue weighted by molar-refractivity contribution is 7.09. The number of nitrogens with one attached hydrogen (secondary N) is 2. The Morgan fingerprint density at radius 1 is 1.00 bits per heavy atom. The Bertz CT molecular complexity index is 895. The third kappa shape index (κ3) is 2.58. The molecule has 0 spiro atoms. The Hall–Kier alpha value is -2.66. The molecule has 0 fully saturated rings. The molecule has 4 nitrogen and oxygen atoms in total. The molecule has 0 unspecified atom stereocenters. The quantitative estimate of drug-likeness (QED) is 0.591. The predicted molar refractivity (Wildman–Crippen MR) is 91.0 cm³/mol. The Kier molecular flexibility index (Phi) is 3.33. The van der Waals surface area contributed by atoms with Gasteiger partial charge >= 0.3 is 0 Å². The lowest BCUT2D eigenvalue weighted by Crippen LogP contribution is -2.00. The summed E-state index contributed by atoms with van der Waals surface area (Å²) in [6, 6.07) is 16.3. The molecule has 0 aliphatic rings. The largest absolute Gasteiger partial charge is 0.363 e. The van der Waals surface area contributed by atoms with Crippen molar-refractivity contribution in [2.24, 2.45) is 0 Å². The summed E-state index contributed by atoms with van der Waals surface area (Å²) in [6.07, 6.45) is 1.90. The van der Waals surface area contributed by atoms with Gasteiger partial charge in [-0.1, -0.05) is 30.3 Å². The molecule has 0 radical (unpaired) electrons. The van der Waals surface area contributed by atoms with Crippen molar-refractivity contribution in [3.63, 3.8) is 0 Å². The Labute approximate surface area is 131 Å². The minimum Gasteiger partial charge on any atom is -0.363 e. The van der Waals surface area contributed by atoms with E-state index in [2.05, 4.69) is 43.8 Å². The number of pyridine rings is 1. The summed E-state index contributed by atoms with van der Waals surface area (Å²) in [5, 5.41) is 7.58. The van der Waals surface area contributed by atoms with Crippen LogP contribution in [0.15, 0.2) is 60.1 Å². The first-order valence-corrected chi connectivity index (χ1v) is 7.94. The SMILES string of the molecule is c1ccc(-c2csc(CNc3ccc4cc[nH]c4n3)n2)cc1. The van der Waals surface area contributed by atoms with Crippen molar-refractivity contribution in [2.45, 2.75) is 6.54 Å². The van der Waals surface area contributed by atoms with Crippen molar-refractivity contribution in [2.75, 3.05) is 5.32 Å². The summed E-state index contributed by atoms with van der Waals surface area (Å²) in [6.45, 7) is 0.677. The number of hydrogen-bond acceptors (Lipinski definition) is 4. The maximum absolute atomic E-state index is 4.67. The molecular formula is C17H14N4S. The molecule has 0 amide bonds. The molecule has 4 rings (SSSR count). The minimum absolute atomic E-state index is 0.677. The van der Waals surface area contributed by atoms with Crippen molar-refractivity contribution >= 4 is 28.2 Å². The second-order valence-corrected chi connectivity index (χ2v) is 5.90. The van der Waals surface area contributed by atoms with Crippen LogP contribution in [0.25, 0.3) is 22.3 Å². The van der Waals surface area contributed by atoms with Crippen LogP contribution in [0.4, 0.5) is 5.82 Å². The molecule has 0 bridgehead atoms. The van der Waals surface area contributed by atoms with Gasteiger partial charge in [0.2, 0.25) is 0 Å². The van der Waals surface area contributed by atoms with E-state index < -0.39 is 0 Å². The lowest BCUT2D eigenvalue weighted by atomic mass is 10.2. The first-order chi connectivity index (χ1) is 10.9. The van der Waals surface area contributed by atoms with E-state index in [0.29, 0.717) is 6.54 Å². The third-order valence-corrected chi connectivity index (χ3v) is 4.30. The Morgan fingerprint density at radius 2 is 1.91 bits per heavy atom. The summed E-state index contributed by atoms with van der Waals surface area (Å²) in [7, 11) is 0. The average molecular weight is 306 g/mol. The summed E-state index contributed by atoms with van der Waals surface area (Å²) in [5.41, 5.74) is 3.07. The smallest absolute Gasteiger partial charge is 0.139 e. The molecule has 0 aliphatic heterocycles. The first-order valence-electron chi connectivity index (χ1n) is 7.06. The number of nitrogens with zero attached hydrogens (tertiary/aromatic N) is 2. The van der Waals surface area contributed by atoms with Crippen molar-refractivity contribution in [1.82, 2.24) is 15.0 Å². The Morgan fingerprint density at radius 3 is 2.82 bits per heavy atom. The number of rotatable bonds is 4. The van der Waals surface area contributed by atoms with Gasteiger partial charge < -0.3 is 10.3 Å². The van der Waals surface area contributed by atoms with Gasteiger partial charge in [0.1, 0.15) is 16.5 Å². The molecule has 22 heavy (non-hydrogen) atoms. The van der Waals surface area contributed by atoms with Crippen LogP contribution >= 0.6 is 11.3 Å². The van der Waals surface area contributed by atoms with Gasteiger partial charge in [-0.05, 0) is 18.2 Å². The number of thiazole rings is 1. The number of aromatic amines is 1. The highest BCUT2D eigenvalue weighted by atomic mass is 32.1. The molecule has 0 saturated heterocycles. The summed E-state index contributed by atoms with van der Waals surface area (Å²) < 4.78 is 0. The fourth-order valence-corrected chi connectivity index (χ4v) is 3.07. The molecule has 0 aliphatic carbocycles. The first kappa shape index (κ1) is 13.0. The lowest BCUT2D eigenvalue weighted by Gasteiger charge is -2.03. The van der Waals surface area contributed by atoms with Crippen LogP contribution in [0.2, 0.25) is 0 Å². The van der Waals surface area contributed by atoms with Crippen molar-refractivity contribution < 1.29 is 0 Å². The van der Waals surface area contributed by atoms with Gasteiger partial charge in [-0.15, -0.1) is 11.3 Å². The van der Waals surface area contributed by atoms with Gasteiger partial charge in [-0.3, -0.25) is 0 Å². The maximum Gasteiger partial charge on any atom is 0.139 e. The Balaban J connectivity index is 1.48. The predicted octanol–water partition coefficient (Wildman–Crippen LogP) is 4.30.